The number of benzene rings is 1. The van der Waals surface area contributed by atoms with Crippen molar-refractivity contribution in [1.29, 1.82) is 0 Å². The van der Waals surface area contributed by atoms with Gasteiger partial charge in [-0.25, -0.2) is 14.4 Å². The third-order valence-corrected chi connectivity index (χ3v) is 7.29. The minimum absolute atomic E-state index is 0.0825. The molecule has 0 bridgehead atoms. The van der Waals surface area contributed by atoms with E-state index in [0.717, 1.165) is 12.8 Å². The van der Waals surface area contributed by atoms with Crippen LogP contribution in [0, 0.1) is 31.5 Å². The van der Waals surface area contributed by atoms with Gasteiger partial charge in [0, 0.05) is 25.2 Å². The molecule has 2 amide bonds. The third-order valence-electron chi connectivity index (χ3n) is 7.29. The topological polar surface area (TPSA) is 100 Å². The molecule has 36 heavy (non-hydrogen) atoms. The lowest BCUT2D eigenvalue weighted by Gasteiger charge is -2.17. The Morgan fingerprint density at radius 1 is 1.22 bits per heavy atom. The van der Waals surface area contributed by atoms with Crippen molar-refractivity contribution >= 4 is 22.8 Å². The van der Waals surface area contributed by atoms with Gasteiger partial charge >= 0.3 is 0 Å². The number of hydrogen-bond donors (Lipinski definition) is 2. The van der Waals surface area contributed by atoms with Gasteiger partial charge in [-0.15, -0.1) is 0 Å². The second-order valence-electron chi connectivity index (χ2n) is 10.1. The van der Waals surface area contributed by atoms with Gasteiger partial charge in [0.1, 0.15) is 29.1 Å². The molecule has 2 unspecified atom stereocenters. The number of ether oxygens (including phenoxy) is 1. The number of amides is 2. The summed E-state index contributed by atoms with van der Waals surface area (Å²) >= 11 is 0. The fourth-order valence-corrected chi connectivity index (χ4v) is 4.91. The molecule has 0 spiro atoms. The Morgan fingerprint density at radius 3 is 2.72 bits per heavy atom. The van der Waals surface area contributed by atoms with Crippen LogP contribution >= 0.6 is 0 Å². The molecule has 1 saturated carbocycles. The van der Waals surface area contributed by atoms with Crippen molar-refractivity contribution in [3.63, 3.8) is 0 Å². The Hall–Kier alpha value is -3.49. The summed E-state index contributed by atoms with van der Waals surface area (Å²) in [6.07, 6.45) is 4.05. The first kappa shape index (κ1) is 24.2. The predicted octanol–water partition coefficient (Wildman–Crippen LogP) is 4.16. The van der Waals surface area contributed by atoms with Gasteiger partial charge < -0.3 is 19.9 Å². The van der Waals surface area contributed by atoms with Crippen LogP contribution in [-0.4, -0.2) is 57.4 Å². The first-order valence-electron chi connectivity index (χ1n) is 12.6. The summed E-state index contributed by atoms with van der Waals surface area (Å²) in [7, 11) is 0. The van der Waals surface area contributed by atoms with Crippen LogP contribution in [-0.2, 0) is 4.79 Å². The van der Waals surface area contributed by atoms with Gasteiger partial charge in [-0.1, -0.05) is 19.9 Å². The number of aryl methyl sites for hydroxylation is 2. The van der Waals surface area contributed by atoms with Gasteiger partial charge in [0.25, 0.3) is 5.91 Å². The number of likely N-dealkylation sites (tertiary alicyclic amines) is 1. The molecule has 2 aliphatic rings. The van der Waals surface area contributed by atoms with Gasteiger partial charge in [-0.2, -0.15) is 0 Å². The smallest absolute Gasteiger partial charge is 0.255 e. The van der Waals surface area contributed by atoms with Crippen molar-refractivity contribution in [3.8, 4) is 17.0 Å². The second-order valence-corrected chi connectivity index (χ2v) is 10.1. The minimum atomic E-state index is -0.401. The van der Waals surface area contributed by atoms with Gasteiger partial charge in [0.2, 0.25) is 5.91 Å². The molecule has 8 nitrogen and oxygen atoms in total. The largest absolute Gasteiger partial charge is 0.492 e. The van der Waals surface area contributed by atoms with Crippen molar-refractivity contribution in [2.45, 2.75) is 53.0 Å². The number of hydrogen-bond acceptors (Lipinski definition) is 5. The van der Waals surface area contributed by atoms with E-state index in [1.54, 1.807) is 30.9 Å². The maximum Gasteiger partial charge on any atom is 0.255 e. The van der Waals surface area contributed by atoms with Crippen LogP contribution in [0.5, 0.6) is 5.75 Å². The van der Waals surface area contributed by atoms with Crippen LogP contribution < -0.4 is 10.1 Å². The predicted molar refractivity (Wildman–Crippen MR) is 134 cm³/mol. The standard InChI is InChI=1S/C27H32FN5O3/c1-5-20(34)33-10-15(3)18(11-33)32-27(35)21-16(4)31-26-24(21)29-13-30-25(26)22-19(36-12-17-7-8-17)9-6-14(2)23(22)28/h6,9,13,15,17-18,31H,5,7-8,10-12H2,1-4H3,(H,32,35). The highest BCUT2D eigenvalue weighted by molar-refractivity contribution is 6.09. The maximum atomic E-state index is 15.5. The summed E-state index contributed by atoms with van der Waals surface area (Å²) in [6, 6.07) is 3.32. The molecule has 2 atom stereocenters. The zero-order valence-corrected chi connectivity index (χ0v) is 21.2. The molecule has 2 aromatic heterocycles. The Balaban J connectivity index is 1.49. The number of halogens is 1. The van der Waals surface area contributed by atoms with Crippen LogP contribution in [0.3, 0.4) is 0 Å². The number of aromatic amines is 1. The quantitative estimate of drug-likeness (QED) is 0.515. The number of carbonyl (C=O) groups excluding carboxylic acids is 2. The highest BCUT2D eigenvalue weighted by atomic mass is 19.1. The summed E-state index contributed by atoms with van der Waals surface area (Å²) in [5.74, 6) is 0.482. The molecule has 1 aromatic carbocycles. The normalized spacial score (nSPS) is 19.6. The second kappa shape index (κ2) is 9.52. The van der Waals surface area contributed by atoms with E-state index in [1.807, 2.05) is 13.8 Å². The van der Waals surface area contributed by atoms with Crippen LogP contribution in [0.25, 0.3) is 22.3 Å². The Labute approximate surface area is 209 Å². The van der Waals surface area contributed by atoms with Gasteiger partial charge in [-0.3, -0.25) is 9.59 Å². The number of rotatable bonds is 7. The lowest BCUT2D eigenvalue weighted by molar-refractivity contribution is -0.129. The molecule has 1 aliphatic heterocycles. The van der Waals surface area contributed by atoms with E-state index in [1.165, 1.54) is 6.33 Å². The summed E-state index contributed by atoms with van der Waals surface area (Å²) in [4.78, 5) is 39.4. The molecule has 2 fully saturated rings. The molecule has 9 heteroatoms. The summed E-state index contributed by atoms with van der Waals surface area (Å²) in [5.41, 5.74) is 3.05. The van der Waals surface area contributed by atoms with E-state index in [9.17, 15) is 9.59 Å². The molecule has 0 radical (unpaired) electrons. The van der Waals surface area contributed by atoms with E-state index in [-0.39, 0.29) is 29.3 Å². The fraction of sp³-hybridized carbons (Fsp3) is 0.481. The van der Waals surface area contributed by atoms with Crippen LogP contribution in [0.1, 0.15) is 54.7 Å². The highest BCUT2D eigenvalue weighted by Gasteiger charge is 2.34. The van der Waals surface area contributed by atoms with Gasteiger partial charge in [0.15, 0.2) is 0 Å². The number of nitrogens with zero attached hydrogens (tertiary/aromatic N) is 3. The maximum absolute atomic E-state index is 15.5. The average Bonchev–Trinajstić information content (AvgIpc) is 3.53. The highest BCUT2D eigenvalue weighted by Crippen LogP contribution is 2.39. The van der Waals surface area contributed by atoms with E-state index >= 15 is 4.39 Å². The molecule has 1 aliphatic carbocycles. The molecule has 3 heterocycles. The average molecular weight is 494 g/mol. The molecule has 190 valence electrons. The number of carbonyl (C=O) groups is 2. The Morgan fingerprint density at radius 2 is 2.00 bits per heavy atom. The van der Waals surface area contributed by atoms with E-state index in [2.05, 4.69) is 20.3 Å². The van der Waals surface area contributed by atoms with Crippen molar-refractivity contribution in [2.75, 3.05) is 19.7 Å². The van der Waals surface area contributed by atoms with Crippen LogP contribution in [0.15, 0.2) is 18.5 Å². The summed E-state index contributed by atoms with van der Waals surface area (Å²) in [6.45, 7) is 9.01. The van der Waals surface area contributed by atoms with Crippen molar-refractivity contribution in [2.24, 2.45) is 11.8 Å². The molecule has 2 N–H and O–H groups in total. The first-order valence-corrected chi connectivity index (χ1v) is 12.6. The minimum Gasteiger partial charge on any atom is -0.492 e. The van der Waals surface area contributed by atoms with E-state index in [4.69, 9.17) is 4.74 Å². The number of nitrogens with one attached hydrogen (secondary N) is 2. The van der Waals surface area contributed by atoms with E-state index < -0.39 is 5.82 Å². The van der Waals surface area contributed by atoms with Crippen molar-refractivity contribution in [3.05, 3.63) is 41.1 Å². The zero-order chi connectivity index (χ0) is 25.6. The summed E-state index contributed by atoms with van der Waals surface area (Å²) in [5, 5.41) is 3.09. The monoisotopic (exact) mass is 493 g/mol. The lowest BCUT2D eigenvalue weighted by atomic mass is 10.0. The van der Waals surface area contributed by atoms with Crippen molar-refractivity contribution < 1.29 is 18.7 Å². The first-order chi connectivity index (χ1) is 17.3. The van der Waals surface area contributed by atoms with Gasteiger partial charge in [-0.05, 0) is 50.2 Å². The number of H-pyrrole nitrogens is 1. The SMILES string of the molecule is CCC(=O)N1CC(C)C(NC(=O)c2c(C)[nH]c3c(-c4c(OCC5CC5)ccc(C)c4F)ncnc23)C1. The molecular formula is C27H32FN5O3. The lowest BCUT2D eigenvalue weighted by Crippen LogP contribution is -2.40. The molecular weight excluding hydrogens is 461 g/mol. The third kappa shape index (κ3) is 4.42. The molecule has 3 aromatic rings. The van der Waals surface area contributed by atoms with Crippen LogP contribution in [0.4, 0.5) is 4.39 Å². The Bertz CT molecular complexity index is 1330. The van der Waals surface area contributed by atoms with Crippen molar-refractivity contribution in [1.82, 2.24) is 25.2 Å². The van der Waals surface area contributed by atoms with Crippen LogP contribution in [0.2, 0.25) is 0 Å². The molecule has 5 rings (SSSR count). The summed E-state index contributed by atoms with van der Waals surface area (Å²) < 4.78 is 21.5. The number of aromatic nitrogens is 3. The fourth-order valence-electron chi connectivity index (χ4n) is 4.91. The zero-order valence-electron chi connectivity index (χ0n) is 21.2. The van der Waals surface area contributed by atoms with E-state index in [0.29, 0.717) is 71.3 Å². The number of fused-ring (bicyclic) bond motifs is 1. The Kier molecular flexibility index (Phi) is 6.40. The van der Waals surface area contributed by atoms with Gasteiger partial charge in [0.05, 0.1) is 29.3 Å². The molecule has 1 saturated heterocycles.